The fraction of sp³-hybridized carbons (Fsp3) is 0.611. The number of hydrogen-bond acceptors (Lipinski definition) is 4. The summed E-state index contributed by atoms with van der Waals surface area (Å²) in [6.45, 7) is 2.46. The third-order valence-corrected chi connectivity index (χ3v) is 7.55. The predicted molar refractivity (Wildman–Crippen MR) is 99.7 cm³/mol. The fourth-order valence-electron chi connectivity index (χ4n) is 3.64. The van der Waals surface area contributed by atoms with Crippen molar-refractivity contribution in [1.82, 2.24) is 4.31 Å². The van der Waals surface area contributed by atoms with Crippen molar-refractivity contribution in [3.05, 3.63) is 33.8 Å². The van der Waals surface area contributed by atoms with Gasteiger partial charge in [-0.05, 0) is 62.3 Å². The molecule has 1 fully saturated rings. The van der Waals surface area contributed by atoms with Crippen LogP contribution in [-0.4, -0.2) is 37.5 Å². The lowest BCUT2D eigenvalue weighted by atomic mass is 9.89. The van der Waals surface area contributed by atoms with E-state index < -0.39 is 10.0 Å². The summed E-state index contributed by atoms with van der Waals surface area (Å²) in [4.78, 5) is 12.6. The second-order valence-electron chi connectivity index (χ2n) is 6.73. The molecule has 0 spiro atoms. The first kappa shape index (κ1) is 18.9. The molecular formula is C18H24BrNO4S. The zero-order chi connectivity index (χ0) is 18.0. The Morgan fingerprint density at radius 1 is 1.28 bits per heavy atom. The molecule has 0 unspecified atom stereocenters. The summed E-state index contributed by atoms with van der Waals surface area (Å²) in [7, 11) is -3.17. The highest BCUT2D eigenvalue weighted by atomic mass is 79.9. The molecule has 25 heavy (non-hydrogen) atoms. The molecule has 3 rings (SSSR count). The van der Waals surface area contributed by atoms with Crippen molar-refractivity contribution < 1.29 is 17.9 Å². The average Bonchev–Trinajstić information content (AvgIpc) is 2.62. The molecule has 0 aromatic heterocycles. The lowest BCUT2D eigenvalue weighted by Crippen LogP contribution is -2.41. The smallest absolute Gasteiger partial charge is 0.309 e. The number of fused-ring (bicyclic) bond motifs is 1. The predicted octanol–water partition coefficient (Wildman–Crippen LogP) is 3.43. The first-order valence-corrected chi connectivity index (χ1v) is 11.3. The van der Waals surface area contributed by atoms with Crippen molar-refractivity contribution in [3.63, 3.8) is 0 Å². The van der Waals surface area contributed by atoms with E-state index in [1.54, 1.807) is 6.92 Å². The number of piperidine rings is 1. The van der Waals surface area contributed by atoms with Crippen LogP contribution in [0.25, 0.3) is 0 Å². The Bertz CT molecular complexity index is 741. The summed E-state index contributed by atoms with van der Waals surface area (Å²) in [5.41, 5.74) is 2.34. The van der Waals surface area contributed by atoms with Gasteiger partial charge >= 0.3 is 5.97 Å². The van der Waals surface area contributed by atoms with Crippen LogP contribution in [0.15, 0.2) is 22.7 Å². The largest absolute Gasteiger partial charge is 0.457 e. The van der Waals surface area contributed by atoms with Gasteiger partial charge in [0.25, 0.3) is 0 Å². The van der Waals surface area contributed by atoms with Crippen molar-refractivity contribution in [3.8, 4) is 0 Å². The van der Waals surface area contributed by atoms with Crippen LogP contribution in [0.1, 0.15) is 49.8 Å². The van der Waals surface area contributed by atoms with E-state index >= 15 is 0 Å². The van der Waals surface area contributed by atoms with Gasteiger partial charge in [-0.2, -0.15) is 0 Å². The van der Waals surface area contributed by atoms with Crippen molar-refractivity contribution in [1.29, 1.82) is 0 Å². The van der Waals surface area contributed by atoms with Gasteiger partial charge in [-0.25, -0.2) is 12.7 Å². The first-order chi connectivity index (χ1) is 11.9. The normalized spacial score (nSPS) is 22.4. The lowest BCUT2D eigenvalue weighted by Gasteiger charge is -2.32. The third-order valence-electron chi connectivity index (χ3n) is 5.17. The lowest BCUT2D eigenvalue weighted by molar-refractivity contribution is -0.156. The van der Waals surface area contributed by atoms with Crippen molar-refractivity contribution in [2.45, 2.75) is 45.1 Å². The van der Waals surface area contributed by atoms with Crippen molar-refractivity contribution in [2.75, 3.05) is 18.8 Å². The van der Waals surface area contributed by atoms with E-state index in [1.807, 2.05) is 12.1 Å². The standard InChI is InChI=1S/C18H24BrNO4S/c1-2-25(22,23)20-10-8-14(9-11-20)18(21)24-17-5-3-4-13-6-7-15(19)12-16(13)17/h6-7,12,14,17H,2-5,8-11H2,1H3/t17-/m0/s1. The summed E-state index contributed by atoms with van der Waals surface area (Å²) in [5.74, 6) is -0.289. The SMILES string of the molecule is CCS(=O)(=O)N1CCC(C(=O)O[C@H]2CCCc3ccc(Br)cc32)CC1. The van der Waals surface area contributed by atoms with E-state index in [9.17, 15) is 13.2 Å². The molecule has 1 heterocycles. The third kappa shape index (κ3) is 4.26. The summed E-state index contributed by atoms with van der Waals surface area (Å²) >= 11 is 3.49. The van der Waals surface area contributed by atoms with Crippen LogP contribution >= 0.6 is 15.9 Å². The molecule has 0 N–H and O–H groups in total. The highest BCUT2D eigenvalue weighted by Gasteiger charge is 2.33. The van der Waals surface area contributed by atoms with E-state index in [1.165, 1.54) is 9.87 Å². The zero-order valence-electron chi connectivity index (χ0n) is 14.4. The van der Waals surface area contributed by atoms with E-state index in [-0.39, 0.29) is 23.7 Å². The quantitative estimate of drug-likeness (QED) is 0.687. The van der Waals surface area contributed by atoms with Gasteiger partial charge in [0.2, 0.25) is 10.0 Å². The average molecular weight is 430 g/mol. The van der Waals surface area contributed by atoms with Crippen molar-refractivity contribution in [2.24, 2.45) is 5.92 Å². The molecule has 7 heteroatoms. The zero-order valence-corrected chi connectivity index (χ0v) is 16.8. The number of carbonyl (C=O) groups excluding carboxylic acids is 1. The number of benzene rings is 1. The summed E-state index contributed by atoms with van der Waals surface area (Å²) in [6, 6.07) is 6.16. The minimum absolute atomic E-state index is 0.107. The molecule has 1 saturated heterocycles. The molecular weight excluding hydrogens is 406 g/mol. The van der Waals surface area contributed by atoms with Gasteiger partial charge in [0, 0.05) is 17.6 Å². The molecule has 0 amide bonds. The Kier molecular flexibility index (Phi) is 5.85. The van der Waals surface area contributed by atoms with E-state index in [0.717, 1.165) is 29.3 Å². The van der Waals surface area contributed by atoms with Gasteiger partial charge in [-0.1, -0.05) is 22.0 Å². The van der Waals surface area contributed by atoms with E-state index in [0.29, 0.717) is 25.9 Å². The number of nitrogens with zero attached hydrogens (tertiary/aromatic N) is 1. The summed E-state index contributed by atoms with van der Waals surface area (Å²) in [6.07, 6.45) is 3.76. The minimum Gasteiger partial charge on any atom is -0.457 e. The molecule has 1 aromatic carbocycles. The molecule has 5 nitrogen and oxygen atoms in total. The maximum atomic E-state index is 12.6. The Hall–Kier alpha value is -0.920. The van der Waals surface area contributed by atoms with Crippen LogP contribution in [0.3, 0.4) is 0 Å². The molecule has 0 radical (unpaired) electrons. The van der Waals surface area contributed by atoms with Crippen molar-refractivity contribution >= 4 is 31.9 Å². The van der Waals surface area contributed by atoms with E-state index in [2.05, 4.69) is 22.0 Å². The van der Waals surface area contributed by atoms with Crippen LogP contribution < -0.4 is 0 Å². The molecule has 1 atom stereocenters. The molecule has 1 aliphatic carbocycles. The van der Waals surface area contributed by atoms with Crippen LogP contribution in [0, 0.1) is 5.92 Å². The second-order valence-corrected chi connectivity index (χ2v) is 9.91. The molecule has 1 aliphatic heterocycles. The van der Waals surface area contributed by atoms with Gasteiger partial charge in [0.1, 0.15) is 6.10 Å². The number of rotatable bonds is 4. The topological polar surface area (TPSA) is 63.7 Å². The number of esters is 1. The fourth-order valence-corrected chi connectivity index (χ4v) is 5.15. The molecule has 0 bridgehead atoms. The maximum Gasteiger partial charge on any atom is 0.309 e. The second kappa shape index (κ2) is 7.76. The summed E-state index contributed by atoms with van der Waals surface area (Å²) in [5, 5.41) is 0. The summed E-state index contributed by atoms with van der Waals surface area (Å²) < 4.78 is 32.2. The maximum absolute atomic E-state index is 12.6. The van der Waals surface area contributed by atoms with Gasteiger partial charge in [-0.3, -0.25) is 4.79 Å². The number of carbonyl (C=O) groups is 1. The highest BCUT2D eigenvalue weighted by molar-refractivity contribution is 9.10. The number of aryl methyl sites for hydroxylation is 1. The molecule has 0 saturated carbocycles. The highest BCUT2D eigenvalue weighted by Crippen LogP contribution is 2.35. The Labute approximate surface area is 157 Å². The van der Waals surface area contributed by atoms with Gasteiger partial charge in [0.15, 0.2) is 0 Å². The van der Waals surface area contributed by atoms with Gasteiger partial charge < -0.3 is 4.74 Å². The van der Waals surface area contributed by atoms with Crippen LogP contribution in [0.4, 0.5) is 0 Å². The Balaban J connectivity index is 1.62. The molecule has 2 aliphatic rings. The number of ether oxygens (including phenoxy) is 1. The number of sulfonamides is 1. The molecule has 138 valence electrons. The van der Waals surface area contributed by atoms with Gasteiger partial charge in [0.05, 0.1) is 11.7 Å². The van der Waals surface area contributed by atoms with Crippen LogP contribution in [-0.2, 0) is 26.0 Å². The number of hydrogen-bond donors (Lipinski definition) is 0. The van der Waals surface area contributed by atoms with Gasteiger partial charge in [-0.15, -0.1) is 0 Å². The monoisotopic (exact) mass is 429 g/mol. The Morgan fingerprint density at radius 3 is 2.68 bits per heavy atom. The first-order valence-electron chi connectivity index (χ1n) is 8.87. The Morgan fingerprint density at radius 2 is 2.00 bits per heavy atom. The van der Waals surface area contributed by atoms with Crippen LogP contribution in [0.2, 0.25) is 0 Å². The minimum atomic E-state index is -3.17. The molecule has 1 aromatic rings. The van der Waals surface area contributed by atoms with Crippen LogP contribution in [0.5, 0.6) is 0 Å². The number of halogens is 1. The van der Waals surface area contributed by atoms with E-state index in [4.69, 9.17) is 4.74 Å².